The average molecular weight is 253 g/mol. The molecule has 2 aromatic heterocycles. The number of rotatable bonds is 2. The van der Waals surface area contributed by atoms with Crippen LogP contribution in [0, 0.1) is 13.8 Å². The van der Waals surface area contributed by atoms with Gasteiger partial charge in [-0.15, -0.1) is 0 Å². The number of aromatic nitrogens is 3. The summed E-state index contributed by atoms with van der Waals surface area (Å²) in [5.41, 5.74) is 9.93. The third-order valence-corrected chi connectivity index (χ3v) is 3.04. The van der Waals surface area contributed by atoms with E-state index in [2.05, 4.69) is 47.3 Å². The molecule has 0 atom stereocenters. The van der Waals surface area contributed by atoms with Crippen LogP contribution in [-0.2, 0) is 0 Å². The molecule has 3 rings (SSSR count). The molecule has 2 heterocycles. The predicted molar refractivity (Wildman–Crippen MR) is 76.6 cm³/mol. The zero-order chi connectivity index (χ0) is 13.4. The highest BCUT2D eigenvalue weighted by atomic mass is 15.1. The number of fused-ring (bicyclic) bond motifs is 1. The van der Waals surface area contributed by atoms with E-state index in [0.717, 1.165) is 16.9 Å². The Kier molecular flexibility index (Phi) is 2.59. The van der Waals surface area contributed by atoms with Crippen LogP contribution in [0.15, 0.2) is 36.8 Å². The number of nitrogens with two attached hydrogens (primary N) is 1. The SMILES string of the molecule is Cc1ccc(C)c(Nc2nc(N)cn3ccnc23)c1. The summed E-state index contributed by atoms with van der Waals surface area (Å²) in [7, 11) is 0. The molecule has 0 saturated heterocycles. The molecule has 0 saturated carbocycles. The molecule has 5 heteroatoms. The van der Waals surface area contributed by atoms with Crippen molar-refractivity contribution < 1.29 is 0 Å². The van der Waals surface area contributed by atoms with Gasteiger partial charge >= 0.3 is 0 Å². The van der Waals surface area contributed by atoms with Crippen LogP contribution in [0.1, 0.15) is 11.1 Å². The maximum atomic E-state index is 5.81. The van der Waals surface area contributed by atoms with Crippen LogP contribution < -0.4 is 11.1 Å². The number of aryl methyl sites for hydroxylation is 2. The standard InChI is InChI=1S/C14H15N5/c1-9-3-4-10(2)11(7-9)17-13-14-16-5-6-19(14)8-12(15)18-13/h3-8H,15H2,1-2H3,(H,17,18). The molecule has 0 aliphatic rings. The summed E-state index contributed by atoms with van der Waals surface area (Å²) in [4.78, 5) is 8.61. The molecule has 96 valence electrons. The Balaban J connectivity index is 2.10. The van der Waals surface area contributed by atoms with Gasteiger partial charge in [0.05, 0.1) is 6.20 Å². The number of hydrogen-bond acceptors (Lipinski definition) is 4. The lowest BCUT2D eigenvalue weighted by Gasteiger charge is -2.11. The van der Waals surface area contributed by atoms with E-state index < -0.39 is 0 Å². The zero-order valence-corrected chi connectivity index (χ0v) is 10.9. The van der Waals surface area contributed by atoms with Crippen molar-refractivity contribution in [3.63, 3.8) is 0 Å². The van der Waals surface area contributed by atoms with E-state index in [1.165, 1.54) is 5.56 Å². The smallest absolute Gasteiger partial charge is 0.180 e. The highest BCUT2D eigenvalue weighted by Crippen LogP contribution is 2.23. The summed E-state index contributed by atoms with van der Waals surface area (Å²) in [5, 5.41) is 3.31. The number of imidazole rings is 1. The van der Waals surface area contributed by atoms with Gasteiger partial charge in [0.1, 0.15) is 5.82 Å². The molecule has 5 nitrogen and oxygen atoms in total. The number of anilines is 3. The van der Waals surface area contributed by atoms with E-state index in [4.69, 9.17) is 5.73 Å². The van der Waals surface area contributed by atoms with Crippen LogP contribution in [0.3, 0.4) is 0 Å². The minimum Gasteiger partial charge on any atom is -0.382 e. The first-order chi connectivity index (χ1) is 9.13. The topological polar surface area (TPSA) is 68.2 Å². The van der Waals surface area contributed by atoms with Crippen molar-refractivity contribution in [3.8, 4) is 0 Å². The molecule has 0 radical (unpaired) electrons. The van der Waals surface area contributed by atoms with Gasteiger partial charge in [0.15, 0.2) is 11.5 Å². The molecule has 0 bridgehead atoms. The molecular formula is C14H15N5. The number of benzene rings is 1. The largest absolute Gasteiger partial charge is 0.382 e. The summed E-state index contributed by atoms with van der Waals surface area (Å²) < 4.78 is 1.86. The van der Waals surface area contributed by atoms with Gasteiger partial charge in [0.25, 0.3) is 0 Å². The highest BCUT2D eigenvalue weighted by Gasteiger charge is 2.08. The van der Waals surface area contributed by atoms with Gasteiger partial charge in [-0.05, 0) is 31.0 Å². The molecule has 1 aromatic carbocycles. The minimum atomic E-state index is 0.457. The van der Waals surface area contributed by atoms with Crippen molar-refractivity contribution in [3.05, 3.63) is 47.9 Å². The lowest BCUT2D eigenvalue weighted by atomic mass is 10.1. The van der Waals surface area contributed by atoms with Crippen molar-refractivity contribution in [1.82, 2.24) is 14.4 Å². The molecule has 0 unspecified atom stereocenters. The summed E-state index contributed by atoms with van der Waals surface area (Å²) >= 11 is 0. The summed E-state index contributed by atoms with van der Waals surface area (Å²) in [6.07, 6.45) is 5.32. The summed E-state index contributed by atoms with van der Waals surface area (Å²) in [6.45, 7) is 4.11. The van der Waals surface area contributed by atoms with E-state index in [1.807, 2.05) is 10.6 Å². The van der Waals surface area contributed by atoms with E-state index in [9.17, 15) is 0 Å². The second-order valence-corrected chi connectivity index (χ2v) is 4.62. The fourth-order valence-electron chi connectivity index (χ4n) is 2.03. The van der Waals surface area contributed by atoms with Crippen LogP contribution in [0.4, 0.5) is 17.3 Å². The monoisotopic (exact) mass is 253 g/mol. The van der Waals surface area contributed by atoms with E-state index >= 15 is 0 Å². The molecule has 0 aliphatic carbocycles. The quantitative estimate of drug-likeness (QED) is 0.736. The van der Waals surface area contributed by atoms with Gasteiger partial charge in [-0.3, -0.25) is 0 Å². The maximum absolute atomic E-state index is 5.81. The van der Waals surface area contributed by atoms with Crippen molar-refractivity contribution in [2.75, 3.05) is 11.1 Å². The van der Waals surface area contributed by atoms with Gasteiger partial charge in [-0.2, -0.15) is 0 Å². The fraction of sp³-hybridized carbons (Fsp3) is 0.143. The second-order valence-electron chi connectivity index (χ2n) is 4.62. The molecule has 19 heavy (non-hydrogen) atoms. The summed E-state index contributed by atoms with van der Waals surface area (Å²) in [6, 6.07) is 6.24. The molecule has 0 amide bonds. The molecular weight excluding hydrogens is 238 g/mol. The Morgan fingerprint density at radius 1 is 1.26 bits per heavy atom. The lowest BCUT2D eigenvalue weighted by Crippen LogP contribution is -2.03. The van der Waals surface area contributed by atoms with Crippen molar-refractivity contribution in [2.45, 2.75) is 13.8 Å². The van der Waals surface area contributed by atoms with Crippen LogP contribution in [0.5, 0.6) is 0 Å². The van der Waals surface area contributed by atoms with Gasteiger partial charge in [0.2, 0.25) is 0 Å². The maximum Gasteiger partial charge on any atom is 0.180 e. The van der Waals surface area contributed by atoms with Crippen LogP contribution in [-0.4, -0.2) is 14.4 Å². The highest BCUT2D eigenvalue weighted by molar-refractivity contribution is 5.72. The molecule has 0 fully saturated rings. The Hall–Kier alpha value is -2.56. The second kappa shape index (κ2) is 4.28. The Morgan fingerprint density at radius 3 is 2.95 bits per heavy atom. The molecule has 0 aliphatic heterocycles. The molecule has 3 N–H and O–H groups in total. The van der Waals surface area contributed by atoms with E-state index in [0.29, 0.717) is 11.6 Å². The lowest BCUT2D eigenvalue weighted by molar-refractivity contribution is 1.13. The molecule has 0 spiro atoms. The number of nitrogens with zero attached hydrogens (tertiary/aromatic N) is 3. The average Bonchev–Trinajstić information content (AvgIpc) is 2.82. The third kappa shape index (κ3) is 2.10. The van der Waals surface area contributed by atoms with Crippen LogP contribution in [0.25, 0.3) is 5.65 Å². The minimum absolute atomic E-state index is 0.457. The normalized spacial score (nSPS) is 10.8. The predicted octanol–water partition coefficient (Wildman–Crippen LogP) is 2.67. The van der Waals surface area contributed by atoms with Gasteiger partial charge < -0.3 is 15.5 Å². The first-order valence-corrected chi connectivity index (χ1v) is 6.07. The van der Waals surface area contributed by atoms with E-state index in [-0.39, 0.29) is 0 Å². The number of nitrogen functional groups attached to an aromatic ring is 1. The zero-order valence-electron chi connectivity index (χ0n) is 10.9. The van der Waals surface area contributed by atoms with Gasteiger partial charge in [-0.1, -0.05) is 12.1 Å². The van der Waals surface area contributed by atoms with E-state index in [1.54, 1.807) is 12.4 Å². The first-order valence-electron chi connectivity index (χ1n) is 6.07. The van der Waals surface area contributed by atoms with Crippen molar-refractivity contribution in [2.24, 2.45) is 0 Å². The number of hydrogen-bond donors (Lipinski definition) is 2. The van der Waals surface area contributed by atoms with Gasteiger partial charge in [0, 0.05) is 18.1 Å². The Bertz CT molecular complexity index is 745. The van der Waals surface area contributed by atoms with Crippen LogP contribution in [0.2, 0.25) is 0 Å². The first kappa shape index (κ1) is 11.5. The molecule has 3 aromatic rings. The fourth-order valence-corrected chi connectivity index (χ4v) is 2.03. The van der Waals surface area contributed by atoms with Crippen molar-refractivity contribution >= 4 is 23.0 Å². The van der Waals surface area contributed by atoms with Crippen LogP contribution >= 0.6 is 0 Å². The Morgan fingerprint density at radius 2 is 2.11 bits per heavy atom. The van der Waals surface area contributed by atoms with Gasteiger partial charge in [-0.25, -0.2) is 9.97 Å². The van der Waals surface area contributed by atoms with Crippen molar-refractivity contribution in [1.29, 1.82) is 0 Å². The Labute approximate surface area is 111 Å². The third-order valence-electron chi connectivity index (χ3n) is 3.04. The summed E-state index contributed by atoms with van der Waals surface area (Å²) in [5.74, 6) is 1.12. The number of nitrogens with one attached hydrogen (secondary N) is 1.